The van der Waals surface area contributed by atoms with Crippen molar-refractivity contribution in [3.05, 3.63) is 24.3 Å². The van der Waals surface area contributed by atoms with Crippen LogP contribution in [0.3, 0.4) is 0 Å². The van der Waals surface area contributed by atoms with E-state index in [2.05, 4.69) is 9.97 Å². The highest BCUT2D eigenvalue weighted by Crippen LogP contribution is 2.32. The molecule has 0 N–H and O–H groups in total. The quantitative estimate of drug-likeness (QED) is 0.753. The van der Waals surface area contributed by atoms with E-state index in [4.69, 9.17) is 9.47 Å². The summed E-state index contributed by atoms with van der Waals surface area (Å²) < 4.78 is 11.4. The Morgan fingerprint density at radius 1 is 1.08 bits per heavy atom. The monoisotopic (exact) mass is 332 g/mol. The third kappa shape index (κ3) is 2.76. The third-order valence-corrected chi connectivity index (χ3v) is 4.95. The number of ether oxygens (including phenoxy) is 2. The van der Waals surface area contributed by atoms with E-state index < -0.39 is 5.79 Å². The molecule has 4 heterocycles. The van der Waals surface area contributed by atoms with Gasteiger partial charge in [-0.1, -0.05) is 0 Å². The molecule has 8 nitrogen and oxygen atoms in total. The van der Waals surface area contributed by atoms with Crippen molar-refractivity contribution in [3.63, 3.8) is 0 Å². The molecular formula is C16H20N4O4. The first kappa shape index (κ1) is 15.5. The molecule has 0 saturated carbocycles. The normalized spacial score (nSPS) is 23.3. The van der Waals surface area contributed by atoms with Crippen LogP contribution in [-0.2, 0) is 14.3 Å². The molecule has 0 aromatic carbocycles. The van der Waals surface area contributed by atoms with Crippen LogP contribution < -0.4 is 0 Å². The number of likely N-dealkylation sites (tertiary alicyclic amines) is 2. The summed E-state index contributed by atoms with van der Waals surface area (Å²) in [6.07, 6.45) is 5.90. The highest BCUT2D eigenvalue weighted by molar-refractivity contribution is 5.94. The first-order valence-corrected chi connectivity index (χ1v) is 8.29. The average molecular weight is 332 g/mol. The summed E-state index contributed by atoms with van der Waals surface area (Å²) in [6.45, 7) is 3.46. The van der Waals surface area contributed by atoms with Gasteiger partial charge in [0.2, 0.25) is 5.91 Å². The number of amides is 2. The number of nitrogens with zero attached hydrogens (tertiary/aromatic N) is 4. The fourth-order valence-electron chi connectivity index (χ4n) is 3.48. The minimum absolute atomic E-state index is 0.117. The Bertz CT molecular complexity index is 616. The van der Waals surface area contributed by atoms with Crippen molar-refractivity contribution in [1.82, 2.24) is 19.8 Å². The Morgan fingerprint density at radius 3 is 2.42 bits per heavy atom. The number of aromatic nitrogens is 2. The Morgan fingerprint density at radius 2 is 1.79 bits per heavy atom. The maximum atomic E-state index is 12.6. The molecule has 3 saturated heterocycles. The van der Waals surface area contributed by atoms with Gasteiger partial charge < -0.3 is 19.3 Å². The largest absolute Gasteiger partial charge is 0.347 e. The number of hydrogen-bond acceptors (Lipinski definition) is 6. The first-order chi connectivity index (χ1) is 11.7. The standard InChI is InChI=1S/C16H20N4O4/c21-14(19-5-1-16(2-6-19)23-7-8-24-16)12-10-20(11-12)15(22)13-9-17-3-4-18-13/h3-4,9,12H,1-2,5-8,10-11H2. The summed E-state index contributed by atoms with van der Waals surface area (Å²) in [7, 11) is 0. The van der Waals surface area contributed by atoms with E-state index in [0.29, 0.717) is 57.9 Å². The second kappa shape index (κ2) is 6.10. The van der Waals surface area contributed by atoms with Gasteiger partial charge >= 0.3 is 0 Å². The average Bonchev–Trinajstić information content (AvgIpc) is 3.03. The molecule has 0 atom stereocenters. The van der Waals surface area contributed by atoms with E-state index >= 15 is 0 Å². The van der Waals surface area contributed by atoms with E-state index in [1.807, 2.05) is 4.90 Å². The SMILES string of the molecule is O=C(c1cnccn1)N1CC(C(=O)N2CCC3(CC2)OCCO3)C1. The molecule has 8 heteroatoms. The van der Waals surface area contributed by atoms with Gasteiger partial charge in [-0.25, -0.2) is 4.98 Å². The summed E-state index contributed by atoms with van der Waals surface area (Å²) in [6, 6.07) is 0. The predicted octanol–water partition coefficient (Wildman–Crippen LogP) is -0.0859. The Balaban J connectivity index is 1.28. The number of carbonyl (C=O) groups is 2. The number of rotatable bonds is 2. The zero-order valence-corrected chi connectivity index (χ0v) is 13.4. The van der Waals surface area contributed by atoms with Crippen LogP contribution >= 0.6 is 0 Å². The Kier molecular flexibility index (Phi) is 3.93. The Labute approximate surface area is 139 Å². The molecule has 0 radical (unpaired) electrons. The van der Waals surface area contributed by atoms with Crippen LogP contribution in [0, 0.1) is 5.92 Å². The number of hydrogen-bond donors (Lipinski definition) is 0. The van der Waals surface area contributed by atoms with Crippen LogP contribution in [-0.4, -0.2) is 76.8 Å². The lowest BCUT2D eigenvalue weighted by atomic mass is 9.95. The summed E-state index contributed by atoms with van der Waals surface area (Å²) in [5, 5.41) is 0. The van der Waals surface area contributed by atoms with Gasteiger partial charge in [0.05, 0.1) is 25.3 Å². The van der Waals surface area contributed by atoms with Crippen LogP contribution in [0.2, 0.25) is 0 Å². The van der Waals surface area contributed by atoms with Crippen LogP contribution in [0.15, 0.2) is 18.6 Å². The summed E-state index contributed by atoms with van der Waals surface area (Å²) >= 11 is 0. The fraction of sp³-hybridized carbons (Fsp3) is 0.625. The highest BCUT2D eigenvalue weighted by atomic mass is 16.7. The molecule has 24 heavy (non-hydrogen) atoms. The second-order valence-electron chi connectivity index (χ2n) is 6.43. The molecule has 0 unspecified atom stereocenters. The van der Waals surface area contributed by atoms with Gasteiger partial charge in [0.1, 0.15) is 5.69 Å². The molecule has 3 aliphatic heterocycles. The van der Waals surface area contributed by atoms with Crippen molar-refractivity contribution < 1.29 is 19.1 Å². The minimum Gasteiger partial charge on any atom is -0.347 e. The Hall–Kier alpha value is -2.06. The van der Waals surface area contributed by atoms with Gasteiger partial charge in [0.15, 0.2) is 5.79 Å². The number of piperidine rings is 1. The topological polar surface area (TPSA) is 84.9 Å². The molecule has 0 bridgehead atoms. The summed E-state index contributed by atoms with van der Waals surface area (Å²) in [5.41, 5.74) is 0.318. The first-order valence-electron chi connectivity index (χ1n) is 8.29. The van der Waals surface area contributed by atoms with Gasteiger partial charge in [-0.15, -0.1) is 0 Å². The lowest BCUT2D eigenvalue weighted by Crippen LogP contribution is -2.58. The predicted molar refractivity (Wildman–Crippen MR) is 81.9 cm³/mol. The maximum absolute atomic E-state index is 12.6. The van der Waals surface area contributed by atoms with Gasteiger partial charge in [0.25, 0.3) is 5.91 Å². The van der Waals surface area contributed by atoms with Crippen molar-refractivity contribution in [2.45, 2.75) is 18.6 Å². The zero-order chi connectivity index (χ0) is 16.6. The van der Waals surface area contributed by atoms with Crippen LogP contribution in [0.5, 0.6) is 0 Å². The summed E-state index contributed by atoms with van der Waals surface area (Å²) in [4.78, 5) is 36.2. The lowest BCUT2D eigenvalue weighted by molar-refractivity contribution is -0.189. The molecule has 4 rings (SSSR count). The minimum atomic E-state index is -0.468. The van der Waals surface area contributed by atoms with Crippen molar-refractivity contribution in [3.8, 4) is 0 Å². The molecule has 3 fully saturated rings. The van der Waals surface area contributed by atoms with Crippen molar-refractivity contribution >= 4 is 11.8 Å². The van der Waals surface area contributed by atoms with E-state index in [-0.39, 0.29) is 17.7 Å². The lowest BCUT2D eigenvalue weighted by Gasteiger charge is -2.43. The van der Waals surface area contributed by atoms with Crippen LogP contribution in [0.1, 0.15) is 23.3 Å². The molecule has 3 aliphatic rings. The van der Waals surface area contributed by atoms with Crippen LogP contribution in [0.4, 0.5) is 0 Å². The molecule has 1 aromatic rings. The van der Waals surface area contributed by atoms with Gasteiger partial charge in [-0.2, -0.15) is 0 Å². The highest BCUT2D eigenvalue weighted by Gasteiger charge is 2.44. The molecule has 128 valence electrons. The smallest absolute Gasteiger partial charge is 0.274 e. The fourth-order valence-corrected chi connectivity index (χ4v) is 3.48. The maximum Gasteiger partial charge on any atom is 0.274 e. The summed E-state index contributed by atoms with van der Waals surface area (Å²) in [5.74, 6) is -0.640. The van der Waals surface area contributed by atoms with E-state index in [0.717, 1.165) is 0 Å². The van der Waals surface area contributed by atoms with Crippen molar-refractivity contribution in [2.24, 2.45) is 5.92 Å². The van der Waals surface area contributed by atoms with E-state index in [1.54, 1.807) is 4.90 Å². The number of carbonyl (C=O) groups excluding carboxylic acids is 2. The van der Waals surface area contributed by atoms with E-state index in [1.165, 1.54) is 18.6 Å². The van der Waals surface area contributed by atoms with Gasteiger partial charge in [-0.05, 0) is 0 Å². The molecular weight excluding hydrogens is 312 g/mol. The second-order valence-corrected chi connectivity index (χ2v) is 6.43. The molecule has 1 spiro atoms. The third-order valence-electron chi connectivity index (χ3n) is 4.95. The van der Waals surface area contributed by atoms with Crippen molar-refractivity contribution in [2.75, 3.05) is 39.4 Å². The molecule has 2 amide bonds. The van der Waals surface area contributed by atoms with Gasteiger partial charge in [-0.3, -0.25) is 14.6 Å². The molecule has 0 aliphatic carbocycles. The van der Waals surface area contributed by atoms with Gasteiger partial charge in [0, 0.05) is 51.4 Å². The zero-order valence-electron chi connectivity index (χ0n) is 13.4. The van der Waals surface area contributed by atoms with Crippen molar-refractivity contribution in [1.29, 1.82) is 0 Å². The van der Waals surface area contributed by atoms with E-state index in [9.17, 15) is 9.59 Å². The van der Waals surface area contributed by atoms with Crippen LogP contribution in [0.25, 0.3) is 0 Å². The molecule has 1 aromatic heterocycles.